The van der Waals surface area contributed by atoms with Gasteiger partial charge in [0.1, 0.15) is 5.82 Å². The van der Waals surface area contributed by atoms with Gasteiger partial charge in [-0.2, -0.15) is 0 Å². The molecule has 0 aliphatic heterocycles. The van der Waals surface area contributed by atoms with E-state index < -0.39 is 0 Å². The number of nitrogens with zero attached hydrogens (tertiary/aromatic N) is 2. The van der Waals surface area contributed by atoms with Crippen molar-refractivity contribution in [1.29, 1.82) is 0 Å². The van der Waals surface area contributed by atoms with Crippen molar-refractivity contribution in [2.24, 2.45) is 0 Å². The summed E-state index contributed by atoms with van der Waals surface area (Å²) in [6.45, 7) is 3.97. The van der Waals surface area contributed by atoms with Crippen molar-refractivity contribution < 1.29 is 0 Å². The van der Waals surface area contributed by atoms with Gasteiger partial charge in [0.15, 0.2) is 0 Å². The van der Waals surface area contributed by atoms with Gasteiger partial charge in [-0.25, -0.2) is 4.98 Å². The normalized spacial score (nSPS) is 11.1. The number of benzene rings is 2. The molecule has 0 bridgehead atoms. The second-order valence-corrected chi connectivity index (χ2v) is 5.08. The zero-order valence-electron chi connectivity index (χ0n) is 10.8. The van der Waals surface area contributed by atoms with Crippen LogP contribution in [0.15, 0.2) is 36.4 Å². The van der Waals surface area contributed by atoms with Crippen LogP contribution in [0.1, 0.15) is 11.4 Å². The maximum absolute atomic E-state index is 6.21. The predicted molar refractivity (Wildman–Crippen MR) is 80.0 cm³/mol. The van der Waals surface area contributed by atoms with E-state index in [1.165, 1.54) is 0 Å². The molecule has 0 fully saturated rings. The molecule has 1 heterocycles. The average molecular weight is 272 g/mol. The number of nitrogens with two attached hydrogens (primary N) is 1. The Morgan fingerprint density at radius 2 is 1.89 bits per heavy atom. The molecule has 0 aliphatic carbocycles. The minimum atomic E-state index is 0.721. The summed E-state index contributed by atoms with van der Waals surface area (Å²) in [4.78, 5) is 4.54. The molecule has 0 saturated carbocycles. The number of hydrogen-bond acceptors (Lipinski definition) is 2. The highest BCUT2D eigenvalue weighted by atomic mass is 35.5. The second-order valence-electron chi connectivity index (χ2n) is 4.68. The van der Waals surface area contributed by atoms with Crippen molar-refractivity contribution in [2.45, 2.75) is 13.8 Å². The van der Waals surface area contributed by atoms with Crippen LogP contribution in [0, 0.1) is 13.8 Å². The minimum Gasteiger partial charge on any atom is -0.399 e. The summed E-state index contributed by atoms with van der Waals surface area (Å²) in [6, 6.07) is 11.8. The smallest absolute Gasteiger partial charge is 0.111 e. The van der Waals surface area contributed by atoms with Gasteiger partial charge in [-0.1, -0.05) is 17.7 Å². The third-order valence-corrected chi connectivity index (χ3v) is 3.67. The highest BCUT2D eigenvalue weighted by molar-refractivity contribution is 6.31. The van der Waals surface area contributed by atoms with Crippen LogP contribution in [0.25, 0.3) is 16.7 Å². The molecular formula is C15H14ClN3. The van der Waals surface area contributed by atoms with Crippen LogP contribution in [-0.4, -0.2) is 9.55 Å². The Labute approximate surface area is 116 Å². The van der Waals surface area contributed by atoms with Crippen LogP contribution in [0.5, 0.6) is 0 Å². The minimum absolute atomic E-state index is 0.721. The van der Waals surface area contributed by atoms with E-state index >= 15 is 0 Å². The molecular weight excluding hydrogens is 258 g/mol. The molecule has 0 saturated heterocycles. The first-order valence-electron chi connectivity index (χ1n) is 6.07. The fraction of sp³-hybridized carbons (Fsp3) is 0.133. The van der Waals surface area contributed by atoms with Crippen molar-refractivity contribution in [3.63, 3.8) is 0 Å². The van der Waals surface area contributed by atoms with Crippen molar-refractivity contribution in [3.05, 3.63) is 52.8 Å². The zero-order valence-corrected chi connectivity index (χ0v) is 11.6. The first kappa shape index (κ1) is 12.1. The van der Waals surface area contributed by atoms with Crippen molar-refractivity contribution in [1.82, 2.24) is 9.55 Å². The third-order valence-electron chi connectivity index (χ3n) is 3.26. The maximum atomic E-state index is 6.21. The van der Waals surface area contributed by atoms with E-state index in [1.807, 2.05) is 50.2 Å². The van der Waals surface area contributed by atoms with E-state index in [9.17, 15) is 0 Å². The topological polar surface area (TPSA) is 43.8 Å². The van der Waals surface area contributed by atoms with Crippen molar-refractivity contribution in [3.8, 4) is 5.69 Å². The van der Waals surface area contributed by atoms with Gasteiger partial charge in [-0.15, -0.1) is 0 Å². The third kappa shape index (κ3) is 1.96. The number of fused-ring (bicyclic) bond motifs is 1. The number of halogens is 1. The standard InChI is InChI=1S/C15H14ClN3/c1-9-3-5-12(8-13(9)16)19-10(2)18-14-7-11(17)4-6-15(14)19/h3-8H,17H2,1-2H3. The molecule has 0 unspecified atom stereocenters. The van der Waals surface area contributed by atoms with Crippen LogP contribution < -0.4 is 5.73 Å². The van der Waals surface area contributed by atoms with Crippen LogP contribution in [-0.2, 0) is 0 Å². The molecule has 0 spiro atoms. The molecule has 2 aromatic carbocycles. The number of rotatable bonds is 1. The lowest BCUT2D eigenvalue weighted by Crippen LogP contribution is -1.97. The molecule has 1 aromatic heterocycles. The molecule has 0 atom stereocenters. The lowest BCUT2D eigenvalue weighted by Gasteiger charge is -2.08. The fourth-order valence-corrected chi connectivity index (χ4v) is 2.44. The van der Waals surface area contributed by atoms with E-state index in [1.54, 1.807) is 0 Å². The summed E-state index contributed by atoms with van der Waals surface area (Å²) in [5.41, 5.74) is 10.5. The molecule has 3 aromatic rings. The monoisotopic (exact) mass is 271 g/mol. The number of imidazole rings is 1. The van der Waals surface area contributed by atoms with Gasteiger partial charge in [0.2, 0.25) is 0 Å². The molecule has 3 nitrogen and oxygen atoms in total. The Morgan fingerprint density at radius 3 is 2.63 bits per heavy atom. The molecule has 0 radical (unpaired) electrons. The van der Waals surface area contributed by atoms with E-state index in [4.69, 9.17) is 17.3 Å². The lowest BCUT2D eigenvalue weighted by molar-refractivity contribution is 1.000. The molecule has 19 heavy (non-hydrogen) atoms. The van der Waals surface area contributed by atoms with Crippen molar-refractivity contribution >= 4 is 28.3 Å². The van der Waals surface area contributed by atoms with Crippen molar-refractivity contribution in [2.75, 3.05) is 5.73 Å². The van der Waals surface area contributed by atoms with Gasteiger partial charge in [-0.3, -0.25) is 4.57 Å². The Bertz CT molecular complexity index is 774. The highest BCUT2D eigenvalue weighted by Gasteiger charge is 2.10. The van der Waals surface area contributed by atoms with E-state index in [-0.39, 0.29) is 0 Å². The van der Waals surface area contributed by atoms with Crippen LogP contribution in [0.3, 0.4) is 0 Å². The molecule has 4 heteroatoms. The van der Waals surface area contributed by atoms with Crippen LogP contribution in [0.4, 0.5) is 5.69 Å². The summed E-state index contributed by atoms with van der Waals surface area (Å²) < 4.78 is 2.08. The average Bonchev–Trinajstić information content (AvgIpc) is 2.68. The number of nitrogen functional groups attached to an aromatic ring is 1. The summed E-state index contributed by atoms with van der Waals surface area (Å²) in [5.74, 6) is 0.917. The SMILES string of the molecule is Cc1ccc(-n2c(C)nc3cc(N)ccc32)cc1Cl. The van der Waals surface area contributed by atoms with Gasteiger partial charge in [0, 0.05) is 16.4 Å². The number of hydrogen-bond donors (Lipinski definition) is 1. The van der Waals surface area contributed by atoms with Crippen LogP contribution >= 0.6 is 11.6 Å². The summed E-state index contributed by atoms with van der Waals surface area (Å²) >= 11 is 6.21. The Balaban J connectivity index is 2.29. The lowest BCUT2D eigenvalue weighted by atomic mass is 10.2. The molecule has 0 aliphatic rings. The van der Waals surface area contributed by atoms with Gasteiger partial charge in [0.25, 0.3) is 0 Å². The Hall–Kier alpha value is -2.00. The number of aromatic nitrogens is 2. The van der Waals surface area contributed by atoms with Gasteiger partial charge >= 0.3 is 0 Å². The molecule has 0 amide bonds. The summed E-state index contributed by atoms with van der Waals surface area (Å²) in [6.07, 6.45) is 0. The number of anilines is 1. The molecule has 2 N–H and O–H groups in total. The fourth-order valence-electron chi connectivity index (χ4n) is 2.26. The molecule has 3 rings (SSSR count). The van der Waals surface area contributed by atoms with E-state index in [0.717, 1.165) is 38.8 Å². The van der Waals surface area contributed by atoms with E-state index in [0.29, 0.717) is 0 Å². The molecule has 96 valence electrons. The highest BCUT2D eigenvalue weighted by Crippen LogP contribution is 2.26. The van der Waals surface area contributed by atoms with Gasteiger partial charge in [0.05, 0.1) is 11.0 Å². The first-order valence-corrected chi connectivity index (χ1v) is 6.45. The second kappa shape index (κ2) is 4.28. The Kier molecular flexibility index (Phi) is 2.72. The van der Waals surface area contributed by atoms with Gasteiger partial charge in [-0.05, 0) is 49.7 Å². The quantitative estimate of drug-likeness (QED) is 0.683. The zero-order chi connectivity index (χ0) is 13.6. The Morgan fingerprint density at radius 1 is 1.11 bits per heavy atom. The predicted octanol–water partition coefficient (Wildman–Crippen LogP) is 3.88. The number of aryl methyl sites for hydroxylation is 2. The summed E-state index contributed by atoms with van der Waals surface area (Å²) in [5, 5.41) is 0.759. The largest absolute Gasteiger partial charge is 0.399 e. The maximum Gasteiger partial charge on any atom is 0.111 e. The first-order chi connectivity index (χ1) is 9.06. The van der Waals surface area contributed by atoms with Crippen LogP contribution in [0.2, 0.25) is 5.02 Å². The van der Waals surface area contributed by atoms with Gasteiger partial charge < -0.3 is 5.73 Å². The summed E-state index contributed by atoms with van der Waals surface area (Å²) in [7, 11) is 0. The van der Waals surface area contributed by atoms with E-state index in [2.05, 4.69) is 9.55 Å².